The molecular formula is C18H30N2O3. The number of carbonyl (C=O) groups is 1. The van der Waals surface area contributed by atoms with Crippen molar-refractivity contribution in [2.24, 2.45) is 5.92 Å². The maximum Gasteiger partial charge on any atom is 0.243 e. The first-order chi connectivity index (χ1) is 11.0. The zero-order valence-corrected chi connectivity index (χ0v) is 14.7. The van der Waals surface area contributed by atoms with Gasteiger partial charge in [-0.05, 0) is 30.5 Å². The van der Waals surface area contributed by atoms with E-state index in [1.807, 2.05) is 11.9 Å². The van der Waals surface area contributed by atoms with Crippen LogP contribution in [0.25, 0.3) is 0 Å². The highest BCUT2D eigenvalue weighted by molar-refractivity contribution is 5.74. The van der Waals surface area contributed by atoms with E-state index in [9.17, 15) is 4.79 Å². The average Bonchev–Trinajstić information content (AvgIpc) is 2.52. The van der Waals surface area contributed by atoms with Crippen molar-refractivity contribution >= 4 is 5.91 Å². The predicted octanol–water partition coefficient (Wildman–Crippen LogP) is 2.14. The highest BCUT2D eigenvalue weighted by Gasteiger charge is 2.17. The first-order valence-corrected chi connectivity index (χ1v) is 8.29. The zero-order chi connectivity index (χ0) is 17.2. The number of nitrogens with one attached hydrogen (secondary N) is 1. The Morgan fingerprint density at radius 3 is 2.26 bits per heavy atom. The van der Waals surface area contributed by atoms with Gasteiger partial charge in [-0.3, -0.25) is 14.5 Å². The molecule has 1 rings (SSSR count). The zero-order valence-electron chi connectivity index (χ0n) is 14.7. The summed E-state index contributed by atoms with van der Waals surface area (Å²) in [4.78, 5) is 18.8. The summed E-state index contributed by atoms with van der Waals surface area (Å²) in [6.07, 6.45) is 1.77. The van der Waals surface area contributed by atoms with E-state index in [4.69, 9.17) is 9.94 Å². The highest BCUT2D eigenvalue weighted by atomic mass is 16.7. The number of amides is 1. The first kappa shape index (κ1) is 19.6. The van der Waals surface area contributed by atoms with Crippen molar-refractivity contribution in [1.82, 2.24) is 10.4 Å². The standard InChI is InChI=1S/C18H30N2O3/c1-5-17(22)19-23-18(20(4)10-11-21)13-16-8-6-15(7-9-16)12-14(2)3/h6-9,14,18,21H,5,10-13H2,1-4H3,(H,19,22)/t18-/m1/s1. The molecule has 5 nitrogen and oxygen atoms in total. The fourth-order valence-electron chi connectivity index (χ4n) is 2.28. The second kappa shape index (κ2) is 10.4. The molecular weight excluding hydrogens is 292 g/mol. The van der Waals surface area contributed by atoms with Gasteiger partial charge in [-0.2, -0.15) is 0 Å². The Morgan fingerprint density at radius 1 is 1.22 bits per heavy atom. The Balaban J connectivity index is 2.68. The molecule has 0 spiro atoms. The van der Waals surface area contributed by atoms with E-state index in [-0.39, 0.29) is 18.7 Å². The van der Waals surface area contributed by atoms with Gasteiger partial charge in [-0.1, -0.05) is 45.0 Å². The first-order valence-electron chi connectivity index (χ1n) is 8.29. The van der Waals surface area contributed by atoms with Crippen LogP contribution in [-0.4, -0.2) is 42.3 Å². The molecule has 0 unspecified atom stereocenters. The Kier molecular flexibility index (Phi) is 8.84. The summed E-state index contributed by atoms with van der Waals surface area (Å²) in [6.45, 7) is 6.72. The second-order valence-corrected chi connectivity index (χ2v) is 6.27. The molecule has 0 heterocycles. The van der Waals surface area contributed by atoms with Gasteiger partial charge in [0.2, 0.25) is 5.91 Å². The number of benzene rings is 1. The molecule has 0 radical (unpaired) electrons. The number of hydrogen-bond acceptors (Lipinski definition) is 4. The Labute approximate surface area is 139 Å². The fraction of sp³-hybridized carbons (Fsp3) is 0.611. The van der Waals surface area contributed by atoms with Crippen LogP contribution in [0.3, 0.4) is 0 Å². The van der Waals surface area contributed by atoms with E-state index in [2.05, 4.69) is 43.6 Å². The van der Waals surface area contributed by atoms with Gasteiger partial charge in [0.25, 0.3) is 0 Å². The van der Waals surface area contributed by atoms with Crippen LogP contribution in [0.4, 0.5) is 0 Å². The number of nitrogens with zero attached hydrogens (tertiary/aromatic N) is 1. The number of carbonyl (C=O) groups excluding carboxylic acids is 1. The molecule has 0 aliphatic heterocycles. The summed E-state index contributed by atoms with van der Waals surface area (Å²) in [5.74, 6) is 0.483. The molecule has 1 atom stereocenters. The number of rotatable bonds is 10. The molecule has 0 saturated carbocycles. The van der Waals surface area contributed by atoms with Crippen LogP contribution in [0.2, 0.25) is 0 Å². The number of aliphatic hydroxyl groups excluding tert-OH is 1. The van der Waals surface area contributed by atoms with Crippen molar-refractivity contribution in [3.05, 3.63) is 35.4 Å². The van der Waals surface area contributed by atoms with Crippen molar-refractivity contribution in [1.29, 1.82) is 0 Å². The molecule has 0 saturated heterocycles. The van der Waals surface area contributed by atoms with Crippen LogP contribution in [0.1, 0.15) is 38.3 Å². The molecule has 0 fully saturated rings. The van der Waals surface area contributed by atoms with Crippen molar-refractivity contribution in [2.75, 3.05) is 20.2 Å². The van der Waals surface area contributed by atoms with Crippen LogP contribution in [0, 0.1) is 5.92 Å². The molecule has 0 aliphatic carbocycles. The lowest BCUT2D eigenvalue weighted by Crippen LogP contribution is -2.42. The van der Waals surface area contributed by atoms with Gasteiger partial charge in [0.1, 0.15) is 6.23 Å². The van der Waals surface area contributed by atoms with Crippen LogP contribution in [-0.2, 0) is 22.5 Å². The van der Waals surface area contributed by atoms with Crippen molar-refractivity contribution in [3.8, 4) is 0 Å². The topological polar surface area (TPSA) is 61.8 Å². The van der Waals surface area contributed by atoms with Gasteiger partial charge in [-0.15, -0.1) is 0 Å². The molecule has 0 aliphatic rings. The van der Waals surface area contributed by atoms with Crippen LogP contribution in [0.5, 0.6) is 0 Å². The Morgan fingerprint density at radius 2 is 1.78 bits per heavy atom. The lowest BCUT2D eigenvalue weighted by atomic mass is 10.0. The summed E-state index contributed by atoms with van der Waals surface area (Å²) in [5, 5.41) is 9.11. The monoisotopic (exact) mass is 322 g/mol. The van der Waals surface area contributed by atoms with Gasteiger partial charge in [0, 0.05) is 19.4 Å². The van der Waals surface area contributed by atoms with Gasteiger partial charge in [0.15, 0.2) is 0 Å². The third-order valence-electron chi connectivity index (χ3n) is 3.65. The molecule has 1 amide bonds. The van der Waals surface area contributed by atoms with E-state index < -0.39 is 0 Å². The van der Waals surface area contributed by atoms with Crippen molar-refractivity contribution in [3.63, 3.8) is 0 Å². The molecule has 23 heavy (non-hydrogen) atoms. The van der Waals surface area contributed by atoms with E-state index >= 15 is 0 Å². The van der Waals surface area contributed by atoms with Gasteiger partial charge in [-0.25, -0.2) is 5.48 Å². The van der Waals surface area contributed by atoms with E-state index in [0.717, 1.165) is 12.0 Å². The second-order valence-electron chi connectivity index (χ2n) is 6.27. The average molecular weight is 322 g/mol. The third kappa shape index (κ3) is 7.59. The van der Waals surface area contributed by atoms with Crippen LogP contribution in [0.15, 0.2) is 24.3 Å². The normalized spacial score (nSPS) is 12.7. The number of hydroxylamine groups is 1. The molecule has 2 N–H and O–H groups in total. The third-order valence-corrected chi connectivity index (χ3v) is 3.65. The predicted molar refractivity (Wildman–Crippen MR) is 91.7 cm³/mol. The molecule has 1 aromatic rings. The molecule has 0 aromatic heterocycles. The van der Waals surface area contributed by atoms with Crippen LogP contribution >= 0.6 is 0 Å². The molecule has 130 valence electrons. The minimum atomic E-state index is -0.311. The highest BCUT2D eigenvalue weighted by Crippen LogP contribution is 2.13. The van der Waals surface area contributed by atoms with Gasteiger partial charge in [0.05, 0.1) is 6.61 Å². The molecule has 5 heteroatoms. The molecule has 1 aromatic carbocycles. The number of hydrogen-bond donors (Lipinski definition) is 2. The maximum absolute atomic E-state index is 11.4. The quantitative estimate of drug-likeness (QED) is 0.512. The van der Waals surface area contributed by atoms with Crippen molar-refractivity contribution < 1.29 is 14.7 Å². The van der Waals surface area contributed by atoms with Crippen LogP contribution < -0.4 is 5.48 Å². The minimum Gasteiger partial charge on any atom is -0.395 e. The minimum absolute atomic E-state index is 0.0470. The summed E-state index contributed by atoms with van der Waals surface area (Å²) >= 11 is 0. The maximum atomic E-state index is 11.4. The van der Waals surface area contributed by atoms with Gasteiger partial charge < -0.3 is 5.11 Å². The smallest absolute Gasteiger partial charge is 0.243 e. The number of likely N-dealkylation sites (N-methyl/N-ethyl adjacent to an activating group) is 1. The summed E-state index contributed by atoms with van der Waals surface area (Å²) in [7, 11) is 1.87. The Hall–Kier alpha value is -1.43. The largest absolute Gasteiger partial charge is 0.395 e. The van der Waals surface area contributed by atoms with E-state index in [0.29, 0.717) is 25.3 Å². The van der Waals surface area contributed by atoms with E-state index in [1.54, 1.807) is 6.92 Å². The summed E-state index contributed by atoms with van der Waals surface area (Å²) < 4.78 is 0. The van der Waals surface area contributed by atoms with Crippen molar-refractivity contribution in [2.45, 2.75) is 46.3 Å². The summed E-state index contributed by atoms with van der Waals surface area (Å²) in [6, 6.07) is 8.48. The number of aliphatic hydroxyl groups is 1. The lowest BCUT2D eigenvalue weighted by molar-refractivity contribution is -0.150. The Bertz CT molecular complexity index is 460. The molecule has 0 bridgehead atoms. The fourth-order valence-corrected chi connectivity index (χ4v) is 2.28. The van der Waals surface area contributed by atoms with Gasteiger partial charge >= 0.3 is 0 Å². The lowest BCUT2D eigenvalue weighted by Gasteiger charge is -2.27. The summed E-state index contributed by atoms with van der Waals surface area (Å²) in [5.41, 5.74) is 4.93. The van der Waals surface area contributed by atoms with E-state index in [1.165, 1.54) is 5.56 Å². The SMILES string of the molecule is CCC(=O)NO[C@H](Cc1ccc(CC(C)C)cc1)N(C)CCO.